The zero-order valence-electron chi connectivity index (χ0n) is 18.7. The smallest absolute Gasteiger partial charge is 0.0590 e. The first-order chi connectivity index (χ1) is 9.41. The predicted molar refractivity (Wildman–Crippen MR) is 107 cm³/mol. The minimum absolute atomic E-state index is 1.25. The summed E-state index contributed by atoms with van der Waals surface area (Å²) >= 11 is 0. The first-order valence-electron chi connectivity index (χ1n) is 9.41. The molecular formula is C19H56. The molecule has 0 aromatic carbocycles. The maximum absolute atomic E-state index is 2.12. The lowest BCUT2D eigenvalue weighted by molar-refractivity contribution is 1.09. The normalized spacial score (nSPS) is 3.47. The van der Waals surface area contributed by atoms with E-state index in [0.717, 1.165) is 0 Å². The molecule has 0 fully saturated rings. The van der Waals surface area contributed by atoms with E-state index in [9.17, 15) is 0 Å². The summed E-state index contributed by atoms with van der Waals surface area (Å²) in [5.74, 6) is 0. The van der Waals surface area contributed by atoms with Crippen molar-refractivity contribution in [3.05, 3.63) is 0 Å². The van der Waals surface area contributed by atoms with Crippen molar-refractivity contribution in [2.75, 3.05) is 0 Å². The summed E-state index contributed by atoms with van der Waals surface area (Å²) in [7, 11) is 0. The molecule has 0 spiro atoms. The molecule has 0 heteroatoms. The van der Waals surface area contributed by atoms with Gasteiger partial charge in [0.15, 0.2) is 0 Å². The Kier molecular flexibility index (Phi) is 16900. The lowest BCUT2D eigenvalue weighted by Crippen LogP contribution is -1.27. The maximum atomic E-state index is 2.12. The second-order valence-electron chi connectivity index (χ2n) is 0.707. The topological polar surface area (TPSA) is 0 Å². The molecule has 0 atom stereocenters. The molecule has 0 saturated heterocycles. The summed E-state index contributed by atoms with van der Waals surface area (Å²) in [6, 6.07) is 0. The molecule has 0 amide bonds. The standard InChI is InChI=1S/C3H8.8C2H6/c1-3-2;8*1-2/h3H2,1-2H3;8*1-2H3. The van der Waals surface area contributed by atoms with Crippen molar-refractivity contribution in [2.45, 2.75) is 131 Å². The molecule has 0 aliphatic heterocycles. The van der Waals surface area contributed by atoms with Crippen LogP contribution in [0.4, 0.5) is 0 Å². The van der Waals surface area contributed by atoms with Gasteiger partial charge in [0, 0.05) is 0 Å². The van der Waals surface area contributed by atoms with Crippen molar-refractivity contribution in [2.24, 2.45) is 0 Å². The van der Waals surface area contributed by atoms with Crippen LogP contribution in [-0.4, -0.2) is 0 Å². The summed E-state index contributed by atoms with van der Waals surface area (Å²) in [5, 5.41) is 0. The highest BCUT2D eigenvalue weighted by molar-refractivity contribution is 3.92. The molecule has 0 heterocycles. The molecule has 0 radical (unpaired) electrons. The van der Waals surface area contributed by atoms with Gasteiger partial charge in [-0.3, -0.25) is 0 Å². The third kappa shape index (κ3) is 0. The van der Waals surface area contributed by atoms with Crippen LogP contribution in [0.5, 0.6) is 0 Å². The van der Waals surface area contributed by atoms with E-state index >= 15 is 0 Å². The summed E-state index contributed by atoms with van der Waals surface area (Å²) in [6.45, 7) is 36.2. The van der Waals surface area contributed by atoms with Crippen molar-refractivity contribution in [3.8, 4) is 0 Å². The van der Waals surface area contributed by atoms with E-state index in [4.69, 9.17) is 0 Å². The van der Waals surface area contributed by atoms with Crippen molar-refractivity contribution in [3.63, 3.8) is 0 Å². The van der Waals surface area contributed by atoms with Crippen LogP contribution in [0.1, 0.15) is 131 Å². The fourth-order valence-corrected chi connectivity index (χ4v) is 0. The molecule has 0 saturated carbocycles. The average molecular weight is 285 g/mol. The quantitative estimate of drug-likeness (QED) is 0.415. The first kappa shape index (κ1) is 61.6. The van der Waals surface area contributed by atoms with Crippen LogP contribution in [0.3, 0.4) is 0 Å². The fourth-order valence-electron chi connectivity index (χ4n) is 0. The van der Waals surface area contributed by atoms with Crippen LogP contribution < -0.4 is 0 Å². The number of hydrogen-bond acceptors (Lipinski definition) is 0. The van der Waals surface area contributed by atoms with E-state index < -0.39 is 0 Å². The molecule has 0 rings (SSSR count). The Morgan fingerprint density at radius 1 is 0.263 bits per heavy atom. The molecule has 0 aliphatic rings. The lowest BCUT2D eigenvalue weighted by Gasteiger charge is -1.48. The van der Waals surface area contributed by atoms with Crippen LogP contribution in [-0.2, 0) is 0 Å². The van der Waals surface area contributed by atoms with Crippen LogP contribution >= 0.6 is 0 Å². The fraction of sp³-hybridized carbons (Fsp3) is 1.00. The number of hydrogen-bond donors (Lipinski definition) is 0. The van der Waals surface area contributed by atoms with E-state index in [1.165, 1.54) is 6.42 Å². The van der Waals surface area contributed by atoms with E-state index in [0.29, 0.717) is 0 Å². The first-order valence-corrected chi connectivity index (χ1v) is 9.41. The zero-order chi connectivity index (χ0) is 18.7. The molecule has 132 valence electrons. The molecular weight excluding hydrogens is 228 g/mol. The minimum atomic E-state index is 1.25. The SMILES string of the molecule is CC.CC.CC.CC.CC.CC.CC.CC.CCC. The molecule has 0 N–H and O–H groups in total. The van der Waals surface area contributed by atoms with Crippen LogP contribution in [0.15, 0.2) is 0 Å². The van der Waals surface area contributed by atoms with Gasteiger partial charge in [0.05, 0.1) is 0 Å². The van der Waals surface area contributed by atoms with Gasteiger partial charge in [0.1, 0.15) is 0 Å². The van der Waals surface area contributed by atoms with Crippen LogP contribution in [0, 0.1) is 0 Å². The highest BCUT2D eigenvalue weighted by Gasteiger charge is 1.35. The van der Waals surface area contributed by atoms with Gasteiger partial charge in [0.25, 0.3) is 0 Å². The predicted octanol–water partition coefficient (Wildman–Crippen LogP) is 9.63. The second-order valence-corrected chi connectivity index (χ2v) is 0.707. The summed E-state index contributed by atoms with van der Waals surface area (Å²) < 4.78 is 0. The van der Waals surface area contributed by atoms with Crippen LogP contribution in [0.25, 0.3) is 0 Å². The van der Waals surface area contributed by atoms with Gasteiger partial charge in [0.2, 0.25) is 0 Å². The molecule has 0 unspecified atom stereocenters. The number of rotatable bonds is 0. The largest absolute Gasteiger partial charge is 0.0683 e. The molecule has 0 aromatic heterocycles. The highest BCUT2D eigenvalue weighted by atomic mass is 13.4. The Morgan fingerprint density at radius 2 is 0.263 bits per heavy atom. The van der Waals surface area contributed by atoms with Gasteiger partial charge in [-0.25, -0.2) is 0 Å². The molecule has 0 nitrogen and oxygen atoms in total. The van der Waals surface area contributed by atoms with Gasteiger partial charge < -0.3 is 0 Å². The van der Waals surface area contributed by atoms with Gasteiger partial charge >= 0.3 is 0 Å². The van der Waals surface area contributed by atoms with Crippen molar-refractivity contribution in [1.29, 1.82) is 0 Å². The van der Waals surface area contributed by atoms with E-state index in [1.807, 2.05) is 111 Å². The zero-order valence-corrected chi connectivity index (χ0v) is 18.7. The third-order valence-corrected chi connectivity index (χ3v) is 0. The van der Waals surface area contributed by atoms with E-state index in [2.05, 4.69) is 13.8 Å². The monoisotopic (exact) mass is 284 g/mol. The second kappa shape index (κ2) is 5200. The minimum Gasteiger partial charge on any atom is -0.0683 e. The average Bonchev–Trinajstić information content (AvgIpc) is 2.62. The van der Waals surface area contributed by atoms with Gasteiger partial charge in [-0.2, -0.15) is 0 Å². The summed E-state index contributed by atoms with van der Waals surface area (Å²) in [4.78, 5) is 0. The lowest BCUT2D eigenvalue weighted by atomic mass is 10.6. The third-order valence-electron chi connectivity index (χ3n) is 0. The molecule has 19 heavy (non-hydrogen) atoms. The van der Waals surface area contributed by atoms with Gasteiger partial charge in [-0.15, -0.1) is 0 Å². The van der Waals surface area contributed by atoms with E-state index in [1.54, 1.807) is 0 Å². The maximum Gasteiger partial charge on any atom is -0.0590 e. The van der Waals surface area contributed by atoms with Crippen molar-refractivity contribution in [1.82, 2.24) is 0 Å². The van der Waals surface area contributed by atoms with E-state index in [-0.39, 0.29) is 0 Å². The summed E-state index contributed by atoms with van der Waals surface area (Å²) in [5.41, 5.74) is 0. The Bertz CT molecular complexity index is 0. The van der Waals surface area contributed by atoms with Crippen LogP contribution in [0.2, 0.25) is 0 Å². The van der Waals surface area contributed by atoms with Gasteiger partial charge in [-0.1, -0.05) is 131 Å². The van der Waals surface area contributed by atoms with Crippen molar-refractivity contribution >= 4 is 0 Å². The highest BCUT2D eigenvalue weighted by Crippen LogP contribution is 1.56. The molecule has 0 aromatic rings. The molecule has 0 bridgehead atoms. The van der Waals surface area contributed by atoms with Crippen molar-refractivity contribution < 1.29 is 0 Å². The Hall–Kier alpha value is 0. The summed E-state index contributed by atoms with van der Waals surface area (Å²) in [6.07, 6.45) is 1.25. The Balaban J connectivity index is -0.00000000851. The van der Waals surface area contributed by atoms with Gasteiger partial charge in [-0.05, 0) is 0 Å². The Morgan fingerprint density at radius 3 is 0.263 bits per heavy atom. The Labute approximate surface area is 131 Å². The molecule has 0 aliphatic carbocycles.